The minimum absolute atomic E-state index is 0.238. The highest BCUT2D eigenvalue weighted by Gasteiger charge is 2.20. The Labute approximate surface area is 118 Å². The van der Waals surface area contributed by atoms with Crippen molar-refractivity contribution in [3.63, 3.8) is 0 Å². The molecule has 0 saturated heterocycles. The number of aromatic nitrogens is 4. The van der Waals surface area contributed by atoms with Crippen LogP contribution in [-0.2, 0) is 14.1 Å². The largest absolute Gasteiger partial charge is 0.494 e. The van der Waals surface area contributed by atoms with Gasteiger partial charge in [0.2, 0.25) is 5.43 Å². The van der Waals surface area contributed by atoms with Crippen molar-refractivity contribution in [3.8, 4) is 5.75 Å². The number of hydrogen-bond acceptors (Lipinski definition) is 5. The van der Waals surface area contributed by atoms with Gasteiger partial charge in [0, 0.05) is 20.3 Å². The van der Waals surface area contributed by atoms with Crippen molar-refractivity contribution in [2.45, 2.75) is 0 Å². The molecule has 0 bridgehead atoms. The summed E-state index contributed by atoms with van der Waals surface area (Å²) in [5.74, 6) is -0.847. The van der Waals surface area contributed by atoms with Gasteiger partial charge in [-0.3, -0.25) is 4.79 Å². The molecular weight excluding hydrogens is 276 g/mol. The second-order valence-corrected chi connectivity index (χ2v) is 4.67. The summed E-state index contributed by atoms with van der Waals surface area (Å²) in [6.45, 7) is 0. The fourth-order valence-corrected chi connectivity index (χ4v) is 2.49. The van der Waals surface area contributed by atoms with E-state index in [1.54, 1.807) is 23.3 Å². The van der Waals surface area contributed by atoms with E-state index in [4.69, 9.17) is 9.84 Å². The van der Waals surface area contributed by atoms with Crippen LogP contribution in [-0.4, -0.2) is 37.7 Å². The van der Waals surface area contributed by atoms with E-state index in [0.717, 1.165) is 0 Å². The van der Waals surface area contributed by atoms with Crippen LogP contribution in [0.15, 0.2) is 17.1 Å². The third-order valence-corrected chi connectivity index (χ3v) is 3.43. The molecule has 2 heterocycles. The highest BCUT2D eigenvalue weighted by atomic mass is 16.5. The number of carboxylic acids is 1. The maximum absolute atomic E-state index is 12.3. The summed E-state index contributed by atoms with van der Waals surface area (Å²) in [4.78, 5) is 23.5. The fraction of sp³-hybridized carbons (Fsp3) is 0.231. The van der Waals surface area contributed by atoms with Crippen molar-refractivity contribution in [3.05, 3.63) is 28.0 Å². The number of aryl methyl sites for hydroxylation is 2. The summed E-state index contributed by atoms with van der Waals surface area (Å²) in [5.41, 5.74) is 0.789. The first kappa shape index (κ1) is 13.1. The van der Waals surface area contributed by atoms with E-state index in [-0.39, 0.29) is 10.9 Å². The van der Waals surface area contributed by atoms with Gasteiger partial charge >= 0.3 is 5.97 Å². The predicted octanol–water partition coefficient (Wildman–Crippen LogP) is 0.527. The molecule has 0 spiro atoms. The maximum Gasteiger partial charge on any atom is 0.341 e. The third kappa shape index (κ3) is 1.69. The lowest BCUT2D eigenvalue weighted by Crippen LogP contribution is -2.18. The molecular formula is C13H12N4O4. The first-order valence-electron chi connectivity index (χ1n) is 6.08. The monoisotopic (exact) mass is 288 g/mol. The summed E-state index contributed by atoms with van der Waals surface area (Å²) in [6.07, 6.45) is 1.29. The van der Waals surface area contributed by atoms with Gasteiger partial charge in [0.1, 0.15) is 22.3 Å². The normalized spacial score (nSPS) is 11.2. The molecule has 3 aromatic rings. The van der Waals surface area contributed by atoms with Crippen molar-refractivity contribution in [2.75, 3.05) is 7.11 Å². The standard InChI is InChI=1S/C13H12N4O4/c1-16-5-7(13(19)20)12(18)6-4-8(21-3)11-9(10(6)16)14-15-17(11)2/h4-5H,1-3H3,(H,19,20). The number of rotatable bonds is 2. The van der Waals surface area contributed by atoms with Crippen LogP contribution < -0.4 is 10.2 Å². The summed E-state index contributed by atoms with van der Waals surface area (Å²) in [6, 6.07) is 1.52. The molecule has 0 atom stereocenters. The molecule has 1 aromatic carbocycles. The summed E-state index contributed by atoms with van der Waals surface area (Å²) in [7, 11) is 4.85. The molecule has 1 N–H and O–H groups in total. The molecule has 0 aliphatic heterocycles. The molecule has 0 unspecified atom stereocenters. The molecule has 0 amide bonds. The Bertz CT molecular complexity index is 954. The van der Waals surface area contributed by atoms with Gasteiger partial charge < -0.3 is 14.4 Å². The number of fused-ring (bicyclic) bond motifs is 3. The molecule has 21 heavy (non-hydrogen) atoms. The van der Waals surface area contributed by atoms with Crippen LogP contribution >= 0.6 is 0 Å². The van der Waals surface area contributed by atoms with Crippen LogP contribution in [0.3, 0.4) is 0 Å². The molecule has 2 aromatic heterocycles. The van der Waals surface area contributed by atoms with Gasteiger partial charge in [0.15, 0.2) is 0 Å². The van der Waals surface area contributed by atoms with Crippen LogP contribution in [0.25, 0.3) is 21.9 Å². The van der Waals surface area contributed by atoms with Crippen LogP contribution in [0.1, 0.15) is 10.4 Å². The average molecular weight is 288 g/mol. The van der Waals surface area contributed by atoms with Crippen molar-refractivity contribution in [1.82, 2.24) is 19.6 Å². The van der Waals surface area contributed by atoms with E-state index in [0.29, 0.717) is 22.3 Å². The number of nitrogens with zero attached hydrogens (tertiary/aromatic N) is 4. The lowest BCUT2D eigenvalue weighted by molar-refractivity contribution is 0.0695. The van der Waals surface area contributed by atoms with Gasteiger partial charge in [-0.15, -0.1) is 5.10 Å². The first-order chi connectivity index (χ1) is 9.95. The Balaban J connectivity index is 2.63. The number of carbonyl (C=O) groups is 1. The highest BCUT2D eigenvalue weighted by Crippen LogP contribution is 2.30. The minimum Gasteiger partial charge on any atom is -0.494 e. The Morgan fingerprint density at radius 1 is 1.33 bits per heavy atom. The topological polar surface area (TPSA) is 99.2 Å². The van der Waals surface area contributed by atoms with Gasteiger partial charge in [0.05, 0.1) is 18.0 Å². The Morgan fingerprint density at radius 2 is 2.05 bits per heavy atom. The van der Waals surface area contributed by atoms with Crippen LogP contribution in [0.4, 0.5) is 0 Å². The lowest BCUT2D eigenvalue weighted by Gasteiger charge is -2.10. The van der Waals surface area contributed by atoms with E-state index in [1.807, 2.05) is 0 Å². The number of pyridine rings is 1. The van der Waals surface area contributed by atoms with Gasteiger partial charge in [-0.1, -0.05) is 5.21 Å². The van der Waals surface area contributed by atoms with Gasteiger partial charge in [-0.25, -0.2) is 9.48 Å². The summed E-state index contributed by atoms with van der Waals surface area (Å²) >= 11 is 0. The molecule has 0 saturated carbocycles. The summed E-state index contributed by atoms with van der Waals surface area (Å²) in [5, 5.41) is 17.4. The lowest BCUT2D eigenvalue weighted by atomic mass is 10.1. The van der Waals surface area contributed by atoms with E-state index in [1.165, 1.54) is 19.4 Å². The van der Waals surface area contributed by atoms with Crippen LogP contribution in [0.2, 0.25) is 0 Å². The molecule has 108 valence electrons. The molecule has 0 aliphatic carbocycles. The van der Waals surface area contributed by atoms with Gasteiger partial charge in [-0.05, 0) is 6.07 Å². The Morgan fingerprint density at radius 3 is 2.67 bits per heavy atom. The van der Waals surface area contributed by atoms with Gasteiger partial charge in [0.25, 0.3) is 0 Å². The second-order valence-electron chi connectivity index (χ2n) is 4.67. The number of hydrogen-bond donors (Lipinski definition) is 1. The SMILES string of the molecule is COc1cc2c(=O)c(C(=O)O)cn(C)c2c2nnn(C)c12. The average Bonchev–Trinajstić information content (AvgIpc) is 2.83. The number of ether oxygens (including phenoxy) is 1. The van der Waals surface area contributed by atoms with Crippen molar-refractivity contribution >= 4 is 27.9 Å². The minimum atomic E-state index is -1.27. The molecule has 0 aliphatic rings. The van der Waals surface area contributed by atoms with Crippen LogP contribution in [0, 0.1) is 0 Å². The highest BCUT2D eigenvalue weighted by molar-refractivity contribution is 6.06. The molecule has 8 nitrogen and oxygen atoms in total. The van der Waals surface area contributed by atoms with Crippen LogP contribution in [0.5, 0.6) is 5.75 Å². The zero-order valence-corrected chi connectivity index (χ0v) is 11.6. The molecule has 0 radical (unpaired) electrons. The van der Waals surface area contributed by atoms with Crippen molar-refractivity contribution in [1.29, 1.82) is 0 Å². The number of carboxylic acid groups (broad SMARTS) is 1. The molecule has 8 heteroatoms. The zero-order valence-electron chi connectivity index (χ0n) is 11.6. The number of methoxy groups -OCH3 is 1. The van der Waals surface area contributed by atoms with Crippen molar-refractivity contribution < 1.29 is 14.6 Å². The van der Waals surface area contributed by atoms with E-state index in [2.05, 4.69) is 10.3 Å². The second kappa shape index (κ2) is 4.30. The number of aromatic carboxylic acids is 1. The smallest absolute Gasteiger partial charge is 0.341 e. The van der Waals surface area contributed by atoms with E-state index in [9.17, 15) is 9.59 Å². The number of benzene rings is 1. The first-order valence-corrected chi connectivity index (χ1v) is 6.08. The van der Waals surface area contributed by atoms with Crippen molar-refractivity contribution in [2.24, 2.45) is 14.1 Å². The fourth-order valence-electron chi connectivity index (χ4n) is 2.49. The summed E-state index contributed by atoms with van der Waals surface area (Å²) < 4.78 is 8.38. The zero-order chi connectivity index (χ0) is 15.3. The van der Waals surface area contributed by atoms with E-state index >= 15 is 0 Å². The molecule has 0 fully saturated rings. The van der Waals surface area contributed by atoms with Gasteiger partial charge in [-0.2, -0.15) is 0 Å². The quantitative estimate of drug-likeness (QED) is 0.738. The Kier molecular flexibility index (Phi) is 2.68. The Hall–Kier alpha value is -2.90. The predicted molar refractivity (Wildman–Crippen MR) is 74.8 cm³/mol. The maximum atomic E-state index is 12.3. The third-order valence-electron chi connectivity index (χ3n) is 3.43. The van der Waals surface area contributed by atoms with E-state index < -0.39 is 11.4 Å². The molecule has 3 rings (SSSR count).